The van der Waals surface area contributed by atoms with Gasteiger partial charge in [0.25, 0.3) is 0 Å². The Labute approximate surface area is 108 Å². The molecule has 0 aromatic heterocycles. The van der Waals surface area contributed by atoms with Crippen LogP contribution in [0.15, 0.2) is 24.3 Å². The quantitative estimate of drug-likeness (QED) is 0.840. The highest BCUT2D eigenvalue weighted by Gasteiger charge is 2.24. The third-order valence-corrected chi connectivity index (χ3v) is 3.95. The van der Waals surface area contributed by atoms with E-state index < -0.39 is 5.97 Å². The summed E-state index contributed by atoms with van der Waals surface area (Å²) in [6.07, 6.45) is 5.18. The Morgan fingerprint density at radius 2 is 2.06 bits per heavy atom. The van der Waals surface area contributed by atoms with Crippen LogP contribution in [0.3, 0.4) is 0 Å². The Morgan fingerprint density at radius 1 is 1.33 bits per heavy atom. The molecule has 1 aromatic rings. The van der Waals surface area contributed by atoms with Gasteiger partial charge in [-0.3, -0.25) is 0 Å². The maximum Gasteiger partial charge on any atom is 0.335 e. The third kappa shape index (κ3) is 3.10. The molecule has 2 atom stereocenters. The van der Waals surface area contributed by atoms with E-state index in [0.29, 0.717) is 11.6 Å². The largest absolute Gasteiger partial charge is 0.478 e. The molecule has 18 heavy (non-hydrogen) atoms. The highest BCUT2D eigenvalue weighted by Crippen LogP contribution is 2.28. The molecule has 0 radical (unpaired) electrons. The van der Waals surface area contributed by atoms with E-state index in [2.05, 4.69) is 12.2 Å². The lowest BCUT2D eigenvalue weighted by atomic mass is 10.0. The summed E-state index contributed by atoms with van der Waals surface area (Å²) in [6.45, 7) is 3.09. The topological polar surface area (TPSA) is 49.3 Å². The number of benzene rings is 1. The fraction of sp³-hybridized carbons (Fsp3) is 0.533. The fourth-order valence-electron chi connectivity index (χ4n) is 2.81. The molecule has 0 aliphatic heterocycles. The predicted molar refractivity (Wildman–Crippen MR) is 71.7 cm³/mol. The summed E-state index contributed by atoms with van der Waals surface area (Å²) < 4.78 is 0. The number of hydrogen-bond acceptors (Lipinski definition) is 2. The number of aromatic carboxylic acids is 1. The Kier molecular flexibility index (Phi) is 4.37. The molecule has 0 saturated heterocycles. The van der Waals surface area contributed by atoms with E-state index in [0.717, 1.165) is 18.0 Å². The molecular weight excluding hydrogens is 226 g/mol. The molecule has 2 rings (SSSR count). The maximum atomic E-state index is 10.7. The van der Waals surface area contributed by atoms with E-state index in [1.54, 1.807) is 12.1 Å². The molecule has 0 bridgehead atoms. The van der Waals surface area contributed by atoms with E-state index >= 15 is 0 Å². The third-order valence-electron chi connectivity index (χ3n) is 3.95. The van der Waals surface area contributed by atoms with Gasteiger partial charge >= 0.3 is 5.97 Å². The van der Waals surface area contributed by atoms with Crippen molar-refractivity contribution in [2.75, 3.05) is 0 Å². The van der Waals surface area contributed by atoms with Crippen molar-refractivity contribution in [2.45, 2.75) is 45.2 Å². The second-order valence-corrected chi connectivity index (χ2v) is 5.09. The van der Waals surface area contributed by atoms with Crippen molar-refractivity contribution in [1.29, 1.82) is 0 Å². The van der Waals surface area contributed by atoms with Gasteiger partial charge in [-0.15, -0.1) is 0 Å². The van der Waals surface area contributed by atoms with E-state index in [-0.39, 0.29) is 0 Å². The first-order valence-electron chi connectivity index (χ1n) is 6.76. The zero-order valence-electron chi connectivity index (χ0n) is 10.9. The standard InChI is InChI=1S/C15H21NO2/c1-2-12-4-3-5-14(12)16-10-11-6-8-13(9-7-11)15(17)18/h6-9,12,14,16H,2-5,10H2,1H3,(H,17,18). The Hall–Kier alpha value is -1.35. The summed E-state index contributed by atoms with van der Waals surface area (Å²) in [5.74, 6) is -0.0559. The number of hydrogen-bond donors (Lipinski definition) is 2. The van der Waals surface area contributed by atoms with Gasteiger partial charge in [-0.25, -0.2) is 4.79 Å². The first kappa shape index (κ1) is 13.1. The van der Waals surface area contributed by atoms with Crippen molar-refractivity contribution < 1.29 is 9.90 Å². The molecule has 0 spiro atoms. The van der Waals surface area contributed by atoms with Gasteiger partial charge in [0.2, 0.25) is 0 Å². The number of carboxylic acid groups (broad SMARTS) is 1. The van der Waals surface area contributed by atoms with Gasteiger partial charge in [0.1, 0.15) is 0 Å². The fourth-order valence-corrected chi connectivity index (χ4v) is 2.81. The van der Waals surface area contributed by atoms with E-state index in [1.807, 2.05) is 12.1 Å². The molecular formula is C15H21NO2. The molecule has 98 valence electrons. The van der Waals surface area contributed by atoms with Crippen LogP contribution in [0, 0.1) is 5.92 Å². The van der Waals surface area contributed by atoms with Crippen molar-refractivity contribution in [3.8, 4) is 0 Å². The van der Waals surface area contributed by atoms with Crippen LogP contribution in [-0.4, -0.2) is 17.1 Å². The molecule has 3 nitrogen and oxygen atoms in total. The molecule has 0 amide bonds. The second kappa shape index (κ2) is 6.01. The SMILES string of the molecule is CCC1CCCC1NCc1ccc(C(=O)O)cc1. The summed E-state index contributed by atoms with van der Waals surface area (Å²) >= 11 is 0. The van der Waals surface area contributed by atoms with Crippen molar-refractivity contribution >= 4 is 5.97 Å². The van der Waals surface area contributed by atoms with Crippen molar-refractivity contribution in [1.82, 2.24) is 5.32 Å². The van der Waals surface area contributed by atoms with Crippen molar-refractivity contribution in [3.05, 3.63) is 35.4 Å². The summed E-state index contributed by atoms with van der Waals surface area (Å²) in [5.41, 5.74) is 1.51. The second-order valence-electron chi connectivity index (χ2n) is 5.09. The minimum atomic E-state index is -0.864. The Balaban J connectivity index is 1.88. The van der Waals surface area contributed by atoms with E-state index in [1.165, 1.54) is 25.7 Å². The van der Waals surface area contributed by atoms with Crippen LogP contribution < -0.4 is 5.32 Å². The van der Waals surface area contributed by atoms with E-state index in [9.17, 15) is 4.79 Å². The highest BCUT2D eigenvalue weighted by molar-refractivity contribution is 5.87. The zero-order chi connectivity index (χ0) is 13.0. The lowest BCUT2D eigenvalue weighted by Crippen LogP contribution is -2.31. The van der Waals surface area contributed by atoms with Gasteiger partial charge < -0.3 is 10.4 Å². The van der Waals surface area contributed by atoms with Crippen LogP contribution in [0.25, 0.3) is 0 Å². The van der Waals surface area contributed by atoms with Gasteiger partial charge in [-0.2, -0.15) is 0 Å². The van der Waals surface area contributed by atoms with Crippen molar-refractivity contribution in [2.24, 2.45) is 5.92 Å². The Morgan fingerprint density at radius 3 is 2.67 bits per heavy atom. The van der Waals surface area contributed by atoms with Crippen LogP contribution in [0.1, 0.15) is 48.5 Å². The molecule has 0 heterocycles. The van der Waals surface area contributed by atoms with Gasteiger partial charge in [-0.05, 0) is 36.5 Å². The normalized spacial score (nSPS) is 23.2. The first-order chi connectivity index (χ1) is 8.70. The summed E-state index contributed by atoms with van der Waals surface area (Å²) in [5, 5.41) is 12.4. The van der Waals surface area contributed by atoms with Crippen LogP contribution in [-0.2, 0) is 6.54 Å². The van der Waals surface area contributed by atoms with Crippen LogP contribution in [0.4, 0.5) is 0 Å². The molecule has 1 fully saturated rings. The number of carboxylic acids is 1. The molecule has 1 saturated carbocycles. The zero-order valence-corrected chi connectivity index (χ0v) is 10.9. The molecule has 3 heteroatoms. The van der Waals surface area contributed by atoms with Crippen molar-refractivity contribution in [3.63, 3.8) is 0 Å². The Bertz CT molecular complexity index is 399. The summed E-state index contributed by atoms with van der Waals surface area (Å²) in [7, 11) is 0. The minimum absolute atomic E-state index is 0.353. The average Bonchev–Trinajstić information content (AvgIpc) is 2.84. The van der Waals surface area contributed by atoms with E-state index in [4.69, 9.17) is 5.11 Å². The minimum Gasteiger partial charge on any atom is -0.478 e. The number of rotatable bonds is 5. The van der Waals surface area contributed by atoms with Gasteiger partial charge in [0.15, 0.2) is 0 Å². The predicted octanol–water partition coefficient (Wildman–Crippen LogP) is 3.05. The lowest BCUT2D eigenvalue weighted by Gasteiger charge is -2.19. The van der Waals surface area contributed by atoms with Crippen LogP contribution in [0.5, 0.6) is 0 Å². The molecule has 1 aromatic carbocycles. The lowest BCUT2D eigenvalue weighted by molar-refractivity contribution is 0.0697. The summed E-state index contributed by atoms with van der Waals surface area (Å²) in [6, 6.07) is 7.77. The van der Waals surface area contributed by atoms with Gasteiger partial charge in [-0.1, -0.05) is 31.9 Å². The van der Waals surface area contributed by atoms with Gasteiger partial charge in [0, 0.05) is 12.6 Å². The molecule has 1 aliphatic rings. The van der Waals surface area contributed by atoms with Crippen LogP contribution in [0.2, 0.25) is 0 Å². The maximum absolute atomic E-state index is 10.7. The first-order valence-corrected chi connectivity index (χ1v) is 6.76. The summed E-state index contributed by atoms with van der Waals surface area (Å²) in [4.78, 5) is 10.7. The number of carbonyl (C=O) groups is 1. The monoisotopic (exact) mass is 247 g/mol. The average molecular weight is 247 g/mol. The molecule has 2 unspecified atom stereocenters. The van der Waals surface area contributed by atoms with Crippen LogP contribution >= 0.6 is 0 Å². The number of nitrogens with one attached hydrogen (secondary N) is 1. The highest BCUT2D eigenvalue weighted by atomic mass is 16.4. The smallest absolute Gasteiger partial charge is 0.335 e. The van der Waals surface area contributed by atoms with Gasteiger partial charge in [0.05, 0.1) is 5.56 Å². The molecule has 2 N–H and O–H groups in total. The molecule has 1 aliphatic carbocycles.